The van der Waals surface area contributed by atoms with Gasteiger partial charge in [0.25, 0.3) is 0 Å². The largest absolute Gasteiger partial charge is 0.255 e. The van der Waals surface area contributed by atoms with E-state index in [9.17, 15) is 0 Å². The summed E-state index contributed by atoms with van der Waals surface area (Å²) in [6.45, 7) is 25.8. The zero-order valence-corrected chi connectivity index (χ0v) is 84.4. The molecule has 16 heterocycles. The number of benzene rings is 9. The second kappa shape index (κ2) is 41.1. The summed E-state index contributed by atoms with van der Waals surface area (Å²) in [5.41, 5.74) is 33.1. The van der Waals surface area contributed by atoms with E-state index in [4.69, 9.17) is 84.7 Å². The third kappa shape index (κ3) is 20.2. The standard InChI is InChI=1S/C35H25N5.C33H29N5.C31H26N6.C29H21N5/c1-22-20-23(2)37-34-28(22)17-15-27-16-18-29(38-33(27)34)25-11-13-26(14-12-25)32-21-31(24-8-4-3-5-9-24)39-35(40-32)30-10-6-7-19-36-30;1-20(2)25-18-28(21(3)4)36-32-24(25)15-13-23-14-16-26(35-31(23)32)30-19-29(22-10-6-5-7-11-22)37-33(38-30)27-12-8-9-17-34-27;1-19-18-23(31(2,3)4)22-15-13-20-14-16-25(34-26(20)27(22)33-19)30-36-28(21-10-6-5-7-11-21)35-29(37-30)24-12-8-9-17-32-24;1-18-16-19(2)31-28-22(18)13-11-21-12-14-24(32-27(21)28)29-33-25(20-8-4-3-5-9-20)17-26(34-29)23-10-6-7-15-30-23/h3-21H,1-2H3;5-21H,1-4H3;5-18H,1-4H3;3-17H,1-2H3. The van der Waals surface area contributed by atoms with Gasteiger partial charge in [-0.1, -0.05) is 291 Å². The van der Waals surface area contributed by atoms with Crippen molar-refractivity contribution in [3.05, 3.63) is 428 Å². The molecule has 25 aromatic rings. The van der Waals surface area contributed by atoms with Gasteiger partial charge in [-0.05, 0) is 189 Å². The highest BCUT2D eigenvalue weighted by Crippen LogP contribution is 2.41. The maximum atomic E-state index is 5.17. The first-order valence-corrected chi connectivity index (χ1v) is 49.9. The summed E-state index contributed by atoms with van der Waals surface area (Å²) < 4.78 is 0. The predicted octanol–water partition coefficient (Wildman–Crippen LogP) is 30.0. The van der Waals surface area contributed by atoms with Gasteiger partial charge in [-0.2, -0.15) is 0 Å². The zero-order chi connectivity index (χ0) is 102. The van der Waals surface area contributed by atoms with E-state index in [1.165, 1.54) is 22.3 Å². The molecular formula is C128H101N21. The fourth-order valence-electron chi connectivity index (χ4n) is 18.8. The first-order valence-electron chi connectivity index (χ1n) is 49.9. The van der Waals surface area contributed by atoms with Crippen molar-refractivity contribution in [3.63, 3.8) is 0 Å². The highest BCUT2D eigenvalue weighted by molar-refractivity contribution is 6.08. The summed E-state index contributed by atoms with van der Waals surface area (Å²) in [5, 5.41) is 8.73. The highest BCUT2D eigenvalue weighted by atomic mass is 15.1. The molecular weight excluding hydrogens is 1830 g/mol. The van der Waals surface area contributed by atoms with Crippen LogP contribution in [0.1, 0.15) is 105 Å². The second-order valence-electron chi connectivity index (χ2n) is 38.7. The monoisotopic (exact) mass is 1930 g/mol. The average Bonchev–Trinajstić information content (AvgIpc) is 0.758. The Morgan fingerprint density at radius 1 is 0.188 bits per heavy atom. The molecule has 149 heavy (non-hydrogen) atoms. The van der Waals surface area contributed by atoms with Gasteiger partial charge in [-0.3, -0.25) is 39.9 Å². The maximum absolute atomic E-state index is 5.17. The molecule has 21 heteroatoms. The van der Waals surface area contributed by atoms with Crippen molar-refractivity contribution in [1.29, 1.82) is 0 Å². The lowest BCUT2D eigenvalue weighted by Gasteiger charge is -2.22. The van der Waals surface area contributed by atoms with Crippen LogP contribution < -0.4 is 0 Å². The van der Waals surface area contributed by atoms with Crippen LogP contribution in [0.3, 0.4) is 0 Å². The van der Waals surface area contributed by atoms with Crippen molar-refractivity contribution in [3.8, 4) is 148 Å². The molecule has 0 fully saturated rings. The van der Waals surface area contributed by atoms with E-state index in [2.05, 4.69) is 234 Å². The third-order valence-electron chi connectivity index (χ3n) is 26.3. The molecule has 0 N–H and O–H groups in total. The number of aromatic nitrogens is 21. The molecule has 0 spiro atoms. The average molecular weight is 1930 g/mol. The van der Waals surface area contributed by atoms with Crippen molar-refractivity contribution >= 4 is 87.2 Å². The first-order chi connectivity index (χ1) is 72.6. The quantitative estimate of drug-likeness (QED) is 0.0863. The fourth-order valence-corrected chi connectivity index (χ4v) is 18.8. The molecule has 0 aliphatic carbocycles. The van der Waals surface area contributed by atoms with E-state index in [1.807, 2.05) is 227 Å². The molecule has 0 atom stereocenters. The van der Waals surface area contributed by atoms with E-state index in [0.29, 0.717) is 63.9 Å². The van der Waals surface area contributed by atoms with E-state index in [-0.39, 0.29) is 5.41 Å². The zero-order valence-electron chi connectivity index (χ0n) is 84.4. The molecule has 0 radical (unpaired) electrons. The number of aryl methyl sites for hydroxylation is 5. The van der Waals surface area contributed by atoms with Crippen molar-refractivity contribution < 1.29 is 0 Å². The van der Waals surface area contributed by atoms with E-state index in [0.717, 1.165) is 206 Å². The van der Waals surface area contributed by atoms with Gasteiger partial charge in [0.05, 0.1) is 95.4 Å². The SMILES string of the molecule is CC(C)c1cc(C(C)C)c2ccc3ccc(-c4cc(-c5ccccc5)nc(-c5ccccn5)n4)nc3c2n1.Cc1cc(C(C)(C)C)c2ccc3ccc(-c4nc(-c5ccccc5)nc(-c5ccccn5)n4)nc3c2n1.Cc1cc(C)c2ccc3ccc(-c4ccc(-c5cc(-c6ccccc6)nc(-c6ccccn6)n5)cc4)nc3c2n1.Cc1cc(C)c2ccc3ccc(-c4nc(-c5ccccc5)cc(-c5ccccn5)n4)nc3c2n1. The van der Waals surface area contributed by atoms with Crippen LogP contribution in [0.2, 0.25) is 0 Å². The number of hydrogen-bond donors (Lipinski definition) is 0. The Labute approximate surface area is 862 Å². The molecule has 21 nitrogen and oxygen atoms in total. The van der Waals surface area contributed by atoms with Gasteiger partial charge in [-0.15, -0.1) is 0 Å². The van der Waals surface area contributed by atoms with Crippen LogP contribution in [-0.4, -0.2) is 105 Å². The lowest BCUT2D eigenvalue weighted by atomic mass is 9.84. The summed E-state index contributed by atoms with van der Waals surface area (Å²) in [6, 6.07) is 120. The van der Waals surface area contributed by atoms with E-state index >= 15 is 0 Å². The maximum Gasteiger partial charge on any atom is 0.182 e. The minimum atomic E-state index is -0.0202. The Hall–Kier alpha value is -18.9. The van der Waals surface area contributed by atoms with Gasteiger partial charge in [0.1, 0.15) is 28.5 Å². The van der Waals surface area contributed by atoms with Crippen molar-refractivity contribution in [2.24, 2.45) is 0 Å². The third-order valence-corrected chi connectivity index (χ3v) is 26.3. The van der Waals surface area contributed by atoms with Crippen LogP contribution in [0.15, 0.2) is 383 Å². The van der Waals surface area contributed by atoms with E-state index in [1.54, 1.807) is 24.8 Å². The number of pyridine rings is 12. The molecule has 0 saturated heterocycles. The van der Waals surface area contributed by atoms with Crippen LogP contribution >= 0.6 is 0 Å². The van der Waals surface area contributed by atoms with Crippen LogP contribution in [-0.2, 0) is 5.41 Å². The Bertz CT molecular complexity index is 9110. The van der Waals surface area contributed by atoms with Gasteiger partial charge in [0.2, 0.25) is 0 Å². The summed E-state index contributed by atoms with van der Waals surface area (Å²) >= 11 is 0. The molecule has 0 unspecified atom stereocenters. The van der Waals surface area contributed by atoms with Crippen LogP contribution in [0.4, 0.5) is 0 Å². The minimum Gasteiger partial charge on any atom is -0.255 e. The first kappa shape index (κ1) is 95.0. The lowest BCUT2D eigenvalue weighted by molar-refractivity contribution is 0.594. The Kier molecular flexibility index (Phi) is 26.2. The Balaban J connectivity index is 0.000000113. The summed E-state index contributed by atoms with van der Waals surface area (Å²) in [4.78, 5) is 102. The predicted molar refractivity (Wildman–Crippen MR) is 601 cm³/mol. The molecule has 0 amide bonds. The molecule has 16 aromatic heterocycles. The molecule has 0 bridgehead atoms. The van der Waals surface area contributed by atoms with Gasteiger partial charge in [0, 0.05) is 124 Å². The van der Waals surface area contributed by atoms with Crippen LogP contribution in [0.5, 0.6) is 0 Å². The van der Waals surface area contributed by atoms with Gasteiger partial charge >= 0.3 is 0 Å². The van der Waals surface area contributed by atoms with Crippen molar-refractivity contribution in [1.82, 2.24) is 105 Å². The molecule has 25 rings (SSSR count). The van der Waals surface area contributed by atoms with Crippen LogP contribution in [0.25, 0.3) is 235 Å². The molecule has 0 aliphatic rings. The number of fused-ring (bicyclic) bond motifs is 12. The van der Waals surface area contributed by atoms with E-state index < -0.39 is 0 Å². The number of hydrogen-bond acceptors (Lipinski definition) is 21. The van der Waals surface area contributed by atoms with Gasteiger partial charge in [0.15, 0.2) is 34.9 Å². The summed E-state index contributed by atoms with van der Waals surface area (Å²) in [6.07, 6.45) is 7.04. The topological polar surface area (TPSA) is 271 Å². The number of nitrogens with zero attached hydrogens (tertiary/aromatic N) is 21. The Morgan fingerprint density at radius 3 is 0.906 bits per heavy atom. The van der Waals surface area contributed by atoms with Crippen molar-refractivity contribution in [2.45, 2.75) is 100 Å². The second-order valence-corrected chi connectivity index (χ2v) is 38.7. The van der Waals surface area contributed by atoms with Crippen molar-refractivity contribution in [2.75, 3.05) is 0 Å². The molecule has 9 aromatic carbocycles. The lowest BCUT2D eigenvalue weighted by Crippen LogP contribution is -2.12. The minimum absolute atomic E-state index is 0.0202. The normalized spacial score (nSPS) is 11.5. The molecule has 718 valence electrons. The molecule has 0 aliphatic heterocycles. The Morgan fingerprint density at radius 2 is 0.490 bits per heavy atom. The van der Waals surface area contributed by atoms with Crippen LogP contribution in [0, 0.1) is 34.6 Å². The highest BCUT2D eigenvalue weighted by Gasteiger charge is 2.25. The van der Waals surface area contributed by atoms with Gasteiger partial charge < -0.3 is 0 Å². The van der Waals surface area contributed by atoms with Gasteiger partial charge in [-0.25, -0.2) is 64.8 Å². The smallest absolute Gasteiger partial charge is 0.182 e. The number of rotatable bonds is 15. The molecule has 0 saturated carbocycles. The fraction of sp³-hybridized carbons (Fsp3) is 0.117. The summed E-state index contributed by atoms with van der Waals surface area (Å²) in [7, 11) is 0. The summed E-state index contributed by atoms with van der Waals surface area (Å²) in [5.74, 6) is 4.03.